The summed E-state index contributed by atoms with van der Waals surface area (Å²) in [4.78, 5) is 0. The van der Waals surface area contributed by atoms with Crippen molar-refractivity contribution >= 4 is 11.0 Å². The standard InChI is InChI=1S/C10H9FO2/c11-10-7(3-5-12)1-2-9-8(10)4-6-13-9/h1-2,4,6,12H,3,5H2. The summed E-state index contributed by atoms with van der Waals surface area (Å²) in [6.45, 7) is -0.0414. The average Bonchev–Trinajstić information content (AvgIpc) is 2.58. The third-order valence-corrected chi connectivity index (χ3v) is 2.03. The van der Waals surface area contributed by atoms with Crippen molar-refractivity contribution in [3.05, 3.63) is 35.8 Å². The monoisotopic (exact) mass is 180 g/mol. The van der Waals surface area contributed by atoms with Gasteiger partial charge in [0.25, 0.3) is 0 Å². The molecule has 0 aliphatic carbocycles. The fraction of sp³-hybridized carbons (Fsp3) is 0.200. The van der Waals surface area contributed by atoms with Crippen LogP contribution in [0.3, 0.4) is 0 Å². The molecule has 1 aromatic carbocycles. The molecule has 0 saturated heterocycles. The van der Waals surface area contributed by atoms with E-state index in [4.69, 9.17) is 9.52 Å². The number of hydrogen-bond acceptors (Lipinski definition) is 2. The van der Waals surface area contributed by atoms with Gasteiger partial charge in [0.05, 0.1) is 11.6 Å². The number of aliphatic hydroxyl groups excluding tert-OH is 1. The van der Waals surface area contributed by atoms with Crippen molar-refractivity contribution in [1.82, 2.24) is 0 Å². The van der Waals surface area contributed by atoms with E-state index in [2.05, 4.69) is 0 Å². The van der Waals surface area contributed by atoms with Crippen LogP contribution in [0.4, 0.5) is 4.39 Å². The molecule has 13 heavy (non-hydrogen) atoms. The summed E-state index contributed by atoms with van der Waals surface area (Å²) < 4.78 is 18.5. The molecule has 0 spiro atoms. The van der Waals surface area contributed by atoms with E-state index in [-0.39, 0.29) is 12.4 Å². The van der Waals surface area contributed by atoms with E-state index in [0.717, 1.165) is 0 Å². The van der Waals surface area contributed by atoms with Gasteiger partial charge in [0.15, 0.2) is 0 Å². The van der Waals surface area contributed by atoms with Gasteiger partial charge in [0.1, 0.15) is 11.4 Å². The quantitative estimate of drug-likeness (QED) is 0.767. The van der Waals surface area contributed by atoms with Crippen molar-refractivity contribution in [1.29, 1.82) is 0 Å². The first-order chi connectivity index (χ1) is 6.33. The van der Waals surface area contributed by atoms with Crippen molar-refractivity contribution in [3.63, 3.8) is 0 Å². The lowest BCUT2D eigenvalue weighted by atomic mass is 10.1. The molecule has 0 radical (unpaired) electrons. The Bertz CT molecular complexity index is 420. The highest BCUT2D eigenvalue weighted by atomic mass is 19.1. The average molecular weight is 180 g/mol. The summed E-state index contributed by atoms with van der Waals surface area (Å²) >= 11 is 0. The van der Waals surface area contributed by atoms with Crippen LogP contribution in [0, 0.1) is 5.82 Å². The lowest BCUT2D eigenvalue weighted by molar-refractivity contribution is 0.298. The lowest BCUT2D eigenvalue weighted by Crippen LogP contribution is -1.94. The van der Waals surface area contributed by atoms with Crippen LogP contribution in [0.2, 0.25) is 0 Å². The molecule has 0 atom stereocenters. The summed E-state index contributed by atoms with van der Waals surface area (Å²) in [5, 5.41) is 9.15. The molecule has 1 N–H and O–H groups in total. The zero-order chi connectivity index (χ0) is 9.26. The first kappa shape index (κ1) is 8.26. The van der Waals surface area contributed by atoms with E-state index in [1.165, 1.54) is 6.26 Å². The summed E-state index contributed by atoms with van der Waals surface area (Å²) in [5.74, 6) is -0.291. The lowest BCUT2D eigenvalue weighted by Gasteiger charge is -2.00. The number of hydrogen-bond donors (Lipinski definition) is 1. The highest BCUT2D eigenvalue weighted by Gasteiger charge is 2.07. The van der Waals surface area contributed by atoms with Gasteiger partial charge in [0.2, 0.25) is 0 Å². The van der Waals surface area contributed by atoms with E-state index in [0.29, 0.717) is 23.0 Å². The zero-order valence-electron chi connectivity index (χ0n) is 6.96. The fourth-order valence-electron chi connectivity index (χ4n) is 1.37. The van der Waals surface area contributed by atoms with Gasteiger partial charge in [0, 0.05) is 6.61 Å². The first-order valence-corrected chi connectivity index (χ1v) is 4.08. The van der Waals surface area contributed by atoms with Crippen LogP contribution in [-0.2, 0) is 6.42 Å². The Morgan fingerprint density at radius 1 is 1.31 bits per heavy atom. The fourth-order valence-corrected chi connectivity index (χ4v) is 1.37. The van der Waals surface area contributed by atoms with Crippen LogP contribution in [0.25, 0.3) is 11.0 Å². The molecule has 2 rings (SSSR count). The maximum absolute atomic E-state index is 13.5. The Morgan fingerprint density at radius 2 is 2.15 bits per heavy atom. The largest absolute Gasteiger partial charge is 0.464 e. The second-order valence-corrected chi connectivity index (χ2v) is 2.84. The molecule has 1 aromatic heterocycles. The number of rotatable bonds is 2. The van der Waals surface area contributed by atoms with E-state index >= 15 is 0 Å². The number of fused-ring (bicyclic) bond motifs is 1. The second kappa shape index (κ2) is 3.18. The highest BCUT2D eigenvalue weighted by molar-refractivity contribution is 5.78. The van der Waals surface area contributed by atoms with Gasteiger partial charge < -0.3 is 9.52 Å². The smallest absolute Gasteiger partial charge is 0.137 e. The molecule has 0 aliphatic rings. The summed E-state index contributed by atoms with van der Waals surface area (Å²) in [5.41, 5.74) is 1.07. The van der Waals surface area contributed by atoms with Gasteiger partial charge in [-0.05, 0) is 24.1 Å². The normalized spacial score (nSPS) is 10.9. The summed E-state index contributed by atoms with van der Waals surface area (Å²) in [7, 11) is 0. The van der Waals surface area contributed by atoms with Crippen LogP contribution in [0.15, 0.2) is 28.9 Å². The molecule has 0 bridgehead atoms. The predicted molar refractivity (Wildman–Crippen MR) is 47.0 cm³/mol. The Hall–Kier alpha value is -1.35. The third-order valence-electron chi connectivity index (χ3n) is 2.03. The maximum atomic E-state index is 13.5. The van der Waals surface area contributed by atoms with Gasteiger partial charge in [-0.2, -0.15) is 0 Å². The predicted octanol–water partition coefficient (Wildman–Crippen LogP) is 2.11. The topological polar surface area (TPSA) is 33.4 Å². The Morgan fingerprint density at radius 3 is 2.92 bits per heavy atom. The van der Waals surface area contributed by atoms with Crippen LogP contribution in [0.5, 0.6) is 0 Å². The molecule has 0 fully saturated rings. The van der Waals surface area contributed by atoms with Crippen molar-refractivity contribution in [3.8, 4) is 0 Å². The van der Waals surface area contributed by atoms with E-state index < -0.39 is 0 Å². The molecular formula is C10H9FO2. The highest BCUT2D eigenvalue weighted by Crippen LogP contribution is 2.22. The van der Waals surface area contributed by atoms with E-state index in [1.54, 1.807) is 18.2 Å². The molecule has 0 saturated carbocycles. The van der Waals surface area contributed by atoms with Gasteiger partial charge in [-0.15, -0.1) is 0 Å². The number of furan rings is 1. The minimum Gasteiger partial charge on any atom is -0.464 e. The van der Waals surface area contributed by atoms with Gasteiger partial charge in [-0.25, -0.2) is 4.39 Å². The van der Waals surface area contributed by atoms with Crippen LogP contribution in [0.1, 0.15) is 5.56 Å². The summed E-state index contributed by atoms with van der Waals surface area (Å²) in [6, 6.07) is 4.94. The molecule has 3 heteroatoms. The van der Waals surface area contributed by atoms with Crippen molar-refractivity contribution < 1.29 is 13.9 Å². The van der Waals surface area contributed by atoms with Gasteiger partial charge in [-0.3, -0.25) is 0 Å². The van der Waals surface area contributed by atoms with E-state index in [9.17, 15) is 4.39 Å². The Balaban J connectivity index is 2.59. The first-order valence-electron chi connectivity index (χ1n) is 4.08. The number of halogens is 1. The Labute approximate surface area is 74.6 Å². The molecule has 2 nitrogen and oxygen atoms in total. The third kappa shape index (κ3) is 1.31. The SMILES string of the molecule is OCCc1ccc2occc2c1F. The molecule has 0 aliphatic heterocycles. The molecular weight excluding hydrogens is 171 g/mol. The van der Waals surface area contributed by atoms with Crippen LogP contribution < -0.4 is 0 Å². The van der Waals surface area contributed by atoms with Crippen LogP contribution >= 0.6 is 0 Å². The van der Waals surface area contributed by atoms with Gasteiger partial charge >= 0.3 is 0 Å². The van der Waals surface area contributed by atoms with Gasteiger partial charge in [-0.1, -0.05) is 6.07 Å². The molecule has 0 amide bonds. The Kier molecular flexibility index (Phi) is 2.02. The number of aliphatic hydroxyl groups is 1. The summed E-state index contributed by atoms with van der Waals surface area (Å²) in [6.07, 6.45) is 1.80. The van der Waals surface area contributed by atoms with Crippen molar-refractivity contribution in [2.45, 2.75) is 6.42 Å². The zero-order valence-corrected chi connectivity index (χ0v) is 6.96. The second-order valence-electron chi connectivity index (χ2n) is 2.84. The van der Waals surface area contributed by atoms with Crippen molar-refractivity contribution in [2.24, 2.45) is 0 Å². The molecule has 0 unspecified atom stereocenters. The van der Waals surface area contributed by atoms with Crippen molar-refractivity contribution in [2.75, 3.05) is 6.61 Å². The minimum absolute atomic E-state index is 0.0414. The molecule has 1 heterocycles. The molecule has 2 aromatic rings. The van der Waals surface area contributed by atoms with E-state index in [1.807, 2.05) is 0 Å². The minimum atomic E-state index is -0.291. The van der Waals surface area contributed by atoms with Crippen LogP contribution in [-0.4, -0.2) is 11.7 Å². The maximum Gasteiger partial charge on any atom is 0.137 e. The number of benzene rings is 1. The molecule has 68 valence electrons.